The molecule has 1 aromatic heterocycles. The van der Waals surface area contributed by atoms with E-state index < -0.39 is 24.8 Å². The van der Waals surface area contributed by atoms with Crippen molar-refractivity contribution in [2.45, 2.75) is 52.4 Å². The van der Waals surface area contributed by atoms with E-state index in [2.05, 4.69) is 30.8 Å². The fourth-order valence-electron chi connectivity index (χ4n) is 5.58. The first-order valence-corrected chi connectivity index (χ1v) is 12.8. The molecule has 0 spiro atoms. The second-order valence-corrected chi connectivity index (χ2v) is 11.4. The van der Waals surface area contributed by atoms with Gasteiger partial charge in [0, 0.05) is 18.8 Å². The van der Waals surface area contributed by atoms with Crippen LogP contribution in [0.25, 0.3) is 11.0 Å². The number of hydrogen-bond acceptors (Lipinski definition) is 5. The number of carboxylic acid groups (broad SMARTS) is 1. The molecule has 1 aliphatic rings. The van der Waals surface area contributed by atoms with Gasteiger partial charge in [0.25, 0.3) is 5.91 Å². The summed E-state index contributed by atoms with van der Waals surface area (Å²) in [5.74, 6) is -1.17. The number of ether oxygens (including phenoxy) is 1. The van der Waals surface area contributed by atoms with Crippen LogP contribution in [0.15, 0.2) is 36.4 Å². The summed E-state index contributed by atoms with van der Waals surface area (Å²) in [4.78, 5) is 29.8. The first-order valence-electron chi connectivity index (χ1n) is 12.4. The molecule has 1 saturated carbocycles. The Bertz CT molecular complexity index is 1390. The number of benzene rings is 2. The lowest BCUT2D eigenvalue weighted by Crippen LogP contribution is -2.32. The number of rotatable bonds is 7. The van der Waals surface area contributed by atoms with Gasteiger partial charge in [0.15, 0.2) is 0 Å². The molecule has 4 rings (SSSR count). The Labute approximate surface area is 228 Å². The van der Waals surface area contributed by atoms with E-state index in [0.717, 1.165) is 24.2 Å². The van der Waals surface area contributed by atoms with Gasteiger partial charge in [-0.05, 0) is 67.0 Å². The van der Waals surface area contributed by atoms with Crippen molar-refractivity contribution < 1.29 is 32.6 Å². The molecule has 0 saturated heterocycles. The second kappa shape index (κ2) is 10.6. The lowest BCUT2D eigenvalue weighted by molar-refractivity contribution is -0.274. The van der Waals surface area contributed by atoms with Gasteiger partial charge in [0.05, 0.1) is 21.6 Å². The van der Waals surface area contributed by atoms with Crippen LogP contribution in [-0.2, 0) is 4.79 Å². The molecule has 8 nitrogen and oxygen atoms in total. The van der Waals surface area contributed by atoms with E-state index in [0.29, 0.717) is 28.6 Å². The zero-order valence-electron chi connectivity index (χ0n) is 22.0. The summed E-state index contributed by atoms with van der Waals surface area (Å²) in [6.07, 6.45) is -1.99. The number of nitrogens with one attached hydrogen (secondary N) is 1. The van der Waals surface area contributed by atoms with Gasteiger partial charge in [0.1, 0.15) is 12.3 Å². The molecule has 3 aromatic rings. The average Bonchev–Trinajstić information content (AvgIpc) is 3.13. The normalized spacial score (nSPS) is 19.1. The molecule has 210 valence electrons. The summed E-state index contributed by atoms with van der Waals surface area (Å²) in [7, 11) is 1.38. The zero-order valence-corrected chi connectivity index (χ0v) is 22.7. The SMILES string of the molecule is C[C@H]1C[C@@H](n2c(Nc3ccc(OC(F)(F)F)cc3)nc3cc(C(=O)N(C)CC(=O)O)c(Cl)cc32)CC(C)(C)C1. The summed E-state index contributed by atoms with van der Waals surface area (Å²) in [6, 6.07) is 8.57. The molecule has 0 unspecified atom stereocenters. The van der Waals surface area contributed by atoms with Crippen LogP contribution in [0.1, 0.15) is 56.4 Å². The lowest BCUT2D eigenvalue weighted by atomic mass is 9.70. The van der Waals surface area contributed by atoms with E-state index >= 15 is 0 Å². The Morgan fingerprint density at radius 1 is 1.23 bits per heavy atom. The summed E-state index contributed by atoms with van der Waals surface area (Å²) < 4.78 is 43.7. The zero-order chi connectivity index (χ0) is 28.7. The third-order valence-electron chi connectivity index (χ3n) is 6.80. The molecule has 0 bridgehead atoms. The quantitative estimate of drug-likeness (QED) is 0.324. The predicted molar refractivity (Wildman–Crippen MR) is 142 cm³/mol. The van der Waals surface area contributed by atoms with E-state index in [9.17, 15) is 22.8 Å². The number of imidazole rings is 1. The van der Waals surface area contributed by atoms with Crippen LogP contribution in [0.2, 0.25) is 5.02 Å². The number of carbonyl (C=O) groups excluding carboxylic acids is 1. The molecule has 0 aliphatic heterocycles. The molecule has 1 heterocycles. The van der Waals surface area contributed by atoms with Crippen LogP contribution in [0.3, 0.4) is 0 Å². The Kier molecular flexibility index (Phi) is 7.75. The van der Waals surface area contributed by atoms with Gasteiger partial charge in [-0.25, -0.2) is 4.98 Å². The molecule has 1 amide bonds. The molecule has 39 heavy (non-hydrogen) atoms. The highest BCUT2D eigenvalue weighted by atomic mass is 35.5. The molecule has 1 fully saturated rings. The monoisotopic (exact) mass is 566 g/mol. The van der Waals surface area contributed by atoms with E-state index in [-0.39, 0.29) is 27.8 Å². The number of fused-ring (bicyclic) bond motifs is 1. The van der Waals surface area contributed by atoms with Crippen LogP contribution in [0, 0.1) is 11.3 Å². The fourth-order valence-corrected chi connectivity index (χ4v) is 5.82. The Morgan fingerprint density at radius 3 is 2.49 bits per heavy atom. The number of alkyl halides is 3. The predicted octanol–water partition coefficient (Wildman–Crippen LogP) is 6.88. The molecule has 2 atom stereocenters. The highest BCUT2D eigenvalue weighted by Gasteiger charge is 2.35. The van der Waals surface area contributed by atoms with Gasteiger partial charge < -0.3 is 24.6 Å². The van der Waals surface area contributed by atoms with E-state index in [1.807, 2.05) is 4.57 Å². The summed E-state index contributed by atoms with van der Waals surface area (Å²) in [5, 5.41) is 12.4. The molecule has 12 heteroatoms. The van der Waals surface area contributed by atoms with Crippen molar-refractivity contribution in [3.63, 3.8) is 0 Å². The molecule has 2 N–H and O–H groups in total. The standard InChI is InChI=1S/C27H30ClF3N4O4/c1-15-9-17(13-26(2,3)12-15)35-22-11-20(28)19(24(38)34(4)14-23(36)37)10-21(22)33-25(35)32-16-5-7-18(8-6-16)39-27(29,30)31/h5-8,10-11,15,17H,9,12-14H2,1-4H3,(H,32,33)(H,36,37)/t15-,17+/m0/s1. The highest BCUT2D eigenvalue weighted by molar-refractivity contribution is 6.34. The molecular weight excluding hydrogens is 537 g/mol. The van der Waals surface area contributed by atoms with Crippen molar-refractivity contribution in [3.05, 3.63) is 47.0 Å². The highest BCUT2D eigenvalue weighted by Crippen LogP contribution is 2.46. The van der Waals surface area contributed by atoms with Crippen LogP contribution >= 0.6 is 11.6 Å². The number of amides is 1. The summed E-state index contributed by atoms with van der Waals surface area (Å²) in [5.41, 5.74) is 1.84. The van der Waals surface area contributed by atoms with E-state index in [4.69, 9.17) is 21.7 Å². The van der Waals surface area contributed by atoms with Crippen molar-refractivity contribution in [2.75, 3.05) is 18.9 Å². The third-order valence-corrected chi connectivity index (χ3v) is 7.11. The van der Waals surface area contributed by atoms with Crippen molar-refractivity contribution in [1.29, 1.82) is 0 Å². The fraction of sp³-hybridized carbons (Fsp3) is 0.444. The first-order chi connectivity index (χ1) is 18.1. The summed E-state index contributed by atoms with van der Waals surface area (Å²) in [6.45, 7) is 6.13. The van der Waals surface area contributed by atoms with Crippen LogP contribution < -0.4 is 10.1 Å². The second-order valence-electron chi connectivity index (χ2n) is 10.9. The van der Waals surface area contributed by atoms with Crippen LogP contribution in [0.5, 0.6) is 5.75 Å². The van der Waals surface area contributed by atoms with Gasteiger partial charge >= 0.3 is 12.3 Å². The number of likely N-dealkylation sites (N-methyl/N-ethyl adjacent to an activating group) is 1. The smallest absolute Gasteiger partial charge is 0.480 e. The number of carbonyl (C=O) groups is 2. The topological polar surface area (TPSA) is 96.7 Å². The number of aliphatic carboxylic acids is 1. The van der Waals surface area contributed by atoms with Crippen molar-refractivity contribution in [3.8, 4) is 5.75 Å². The van der Waals surface area contributed by atoms with Crippen molar-refractivity contribution >= 4 is 46.1 Å². The van der Waals surface area contributed by atoms with E-state index in [1.54, 1.807) is 6.07 Å². The number of aromatic nitrogens is 2. The maximum atomic E-state index is 12.9. The molecule has 2 aromatic carbocycles. The number of hydrogen-bond donors (Lipinski definition) is 2. The van der Waals surface area contributed by atoms with Gasteiger partial charge in [-0.15, -0.1) is 13.2 Å². The van der Waals surface area contributed by atoms with Gasteiger partial charge in [-0.1, -0.05) is 32.4 Å². The maximum Gasteiger partial charge on any atom is 0.573 e. The minimum atomic E-state index is -4.79. The number of anilines is 2. The molecule has 0 radical (unpaired) electrons. The van der Waals surface area contributed by atoms with Gasteiger partial charge in [-0.2, -0.15) is 0 Å². The summed E-state index contributed by atoms with van der Waals surface area (Å²) >= 11 is 6.55. The van der Waals surface area contributed by atoms with Crippen molar-refractivity contribution in [1.82, 2.24) is 14.5 Å². The number of halogens is 4. The number of carboxylic acids is 1. The van der Waals surface area contributed by atoms with Gasteiger partial charge in [0.2, 0.25) is 5.95 Å². The largest absolute Gasteiger partial charge is 0.573 e. The minimum Gasteiger partial charge on any atom is -0.480 e. The first kappa shape index (κ1) is 28.5. The molecular formula is C27H30ClF3N4O4. The Balaban J connectivity index is 1.77. The average molecular weight is 567 g/mol. The number of nitrogens with zero attached hydrogens (tertiary/aromatic N) is 3. The Hall–Kier alpha value is -3.47. The Morgan fingerprint density at radius 2 is 1.90 bits per heavy atom. The van der Waals surface area contributed by atoms with E-state index in [1.165, 1.54) is 37.4 Å². The van der Waals surface area contributed by atoms with Gasteiger partial charge in [-0.3, -0.25) is 9.59 Å². The maximum absolute atomic E-state index is 12.9. The van der Waals surface area contributed by atoms with Crippen molar-refractivity contribution in [2.24, 2.45) is 11.3 Å². The molecule has 1 aliphatic carbocycles. The van der Waals surface area contributed by atoms with Crippen LogP contribution in [0.4, 0.5) is 24.8 Å². The lowest BCUT2D eigenvalue weighted by Gasteiger charge is -2.40. The third kappa shape index (κ3) is 6.76. The minimum absolute atomic E-state index is 0.0383. The van der Waals surface area contributed by atoms with Crippen LogP contribution in [-0.4, -0.2) is 51.4 Å².